The van der Waals surface area contributed by atoms with Crippen molar-refractivity contribution in [3.8, 4) is 0 Å². The second-order valence-corrected chi connectivity index (χ2v) is 6.57. The Morgan fingerprint density at radius 3 is 2.76 bits per heavy atom. The molecule has 1 saturated carbocycles. The van der Waals surface area contributed by atoms with E-state index in [0.717, 1.165) is 25.2 Å². The molecule has 1 aliphatic rings. The van der Waals surface area contributed by atoms with Gasteiger partial charge >= 0.3 is 6.03 Å². The number of amides is 3. The van der Waals surface area contributed by atoms with Crippen LogP contribution >= 0.6 is 11.8 Å². The van der Waals surface area contributed by atoms with E-state index in [2.05, 4.69) is 20.8 Å². The molecule has 1 heterocycles. The Hall–Kier alpha value is -2.42. The third-order valence-electron chi connectivity index (χ3n) is 3.71. The SMILES string of the molecule is CCn1c(SCC(=O)NC(=O)Nc2ccccc2F)nnc1C1CC1. The molecule has 1 aliphatic carbocycles. The molecule has 1 fully saturated rings. The average Bonchev–Trinajstić information content (AvgIpc) is 3.35. The van der Waals surface area contributed by atoms with Gasteiger partial charge in [0.1, 0.15) is 11.6 Å². The monoisotopic (exact) mass is 363 g/mol. The van der Waals surface area contributed by atoms with E-state index < -0.39 is 17.8 Å². The maximum absolute atomic E-state index is 13.5. The Labute approximate surface area is 148 Å². The van der Waals surface area contributed by atoms with Crippen LogP contribution in [0.15, 0.2) is 29.4 Å². The van der Waals surface area contributed by atoms with Crippen LogP contribution in [0.25, 0.3) is 0 Å². The Kier molecular flexibility index (Phi) is 5.32. The normalized spacial score (nSPS) is 13.5. The third kappa shape index (κ3) is 4.36. The number of urea groups is 1. The van der Waals surface area contributed by atoms with Crippen LogP contribution in [0.5, 0.6) is 0 Å². The zero-order valence-electron chi connectivity index (χ0n) is 13.7. The minimum Gasteiger partial charge on any atom is -0.306 e. The number of benzene rings is 1. The van der Waals surface area contributed by atoms with E-state index in [1.807, 2.05) is 11.5 Å². The van der Waals surface area contributed by atoms with Gasteiger partial charge in [0.05, 0.1) is 11.4 Å². The lowest BCUT2D eigenvalue weighted by atomic mass is 10.3. The number of thioether (sulfide) groups is 1. The number of para-hydroxylation sites is 1. The zero-order chi connectivity index (χ0) is 17.8. The van der Waals surface area contributed by atoms with Crippen molar-refractivity contribution in [2.45, 2.75) is 37.4 Å². The quantitative estimate of drug-likeness (QED) is 0.771. The molecular formula is C16H18FN5O2S. The number of rotatable bonds is 6. The second kappa shape index (κ2) is 7.64. The number of imide groups is 1. The largest absolute Gasteiger partial charge is 0.325 e. The van der Waals surface area contributed by atoms with Crippen molar-refractivity contribution in [3.05, 3.63) is 35.9 Å². The molecule has 2 N–H and O–H groups in total. The summed E-state index contributed by atoms with van der Waals surface area (Å²) in [5.74, 6) is 0.401. The number of hydrogen-bond acceptors (Lipinski definition) is 5. The molecule has 0 saturated heterocycles. The second-order valence-electron chi connectivity index (χ2n) is 5.63. The van der Waals surface area contributed by atoms with Crippen LogP contribution in [0, 0.1) is 5.82 Å². The summed E-state index contributed by atoms with van der Waals surface area (Å²) in [5, 5.41) is 13.5. The molecule has 2 aromatic rings. The van der Waals surface area contributed by atoms with Crippen LogP contribution in [-0.2, 0) is 11.3 Å². The molecule has 9 heteroatoms. The molecule has 0 radical (unpaired) electrons. The first kappa shape index (κ1) is 17.4. The van der Waals surface area contributed by atoms with Gasteiger partial charge in [-0.1, -0.05) is 23.9 Å². The molecule has 25 heavy (non-hydrogen) atoms. The smallest absolute Gasteiger partial charge is 0.306 e. The highest BCUT2D eigenvalue weighted by atomic mass is 32.2. The fraction of sp³-hybridized carbons (Fsp3) is 0.375. The van der Waals surface area contributed by atoms with Gasteiger partial charge in [-0.15, -0.1) is 10.2 Å². The molecular weight excluding hydrogens is 345 g/mol. The topological polar surface area (TPSA) is 88.9 Å². The number of carbonyl (C=O) groups excluding carboxylic acids is 2. The van der Waals surface area contributed by atoms with Crippen molar-refractivity contribution in [1.29, 1.82) is 0 Å². The summed E-state index contributed by atoms with van der Waals surface area (Å²) in [6.07, 6.45) is 2.25. The van der Waals surface area contributed by atoms with Crippen molar-refractivity contribution < 1.29 is 14.0 Å². The van der Waals surface area contributed by atoms with E-state index in [1.165, 1.54) is 30.0 Å². The van der Waals surface area contributed by atoms with Crippen LogP contribution in [0.3, 0.4) is 0 Å². The van der Waals surface area contributed by atoms with Crippen LogP contribution in [0.2, 0.25) is 0 Å². The van der Waals surface area contributed by atoms with E-state index >= 15 is 0 Å². The van der Waals surface area contributed by atoms with Gasteiger partial charge in [0.2, 0.25) is 5.91 Å². The van der Waals surface area contributed by atoms with Gasteiger partial charge in [-0.05, 0) is 31.9 Å². The molecule has 132 valence electrons. The van der Waals surface area contributed by atoms with E-state index in [9.17, 15) is 14.0 Å². The fourth-order valence-electron chi connectivity index (χ4n) is 2.36. The summed E-state index contributed by atoms with van der Waals surface area (Å²) in [4.78, 5) is 23.7. The van der Waals surface area contributed by atoms with Gasteiger partial charge < -0.3 is 9.88 Å². The fourth-order valence-corrected chi connectivity index (χ4v) is 3.17. The number of carbonyl (C=O) groups is 2. The number of nitrogens with zero attached hydrogens (tertiary/aromatic N) is 3. The highest BCUT2D eigenvalue weighted by molar-refractivity contribution is 7.99. The zero-order valence-corrected chi connectivity index (χ0v) is 14.5. The van der Waals surface area contributed by atoms with Crippen molar-refractivity contribution in [3.63, 3.8) is 0 Å². The Bertz CT molecular complexity index is 791. The van der Waals surface area contributed by atoms with E-state index in [1.54, 1.807) is 6.07 Å². The number of hydrogen-bond donors (Lipinski definition) is 2. The van der Waals surface area contributed by atoms with Gasteiger partial charge in [-0.2, -0.15) is 0 Å². The van der Waals surface area contributed by atoms with Crippen molar-refractivity contribution in [1.82, 2.24) is 20.1 Å². The van der Waals surface area contributed by atoms with E-state index in [0.29, 0.717) is 11.1 Å². The maximum Gasteiger partial charge on any atom is 0.325 e. The average molecular weight is 363 g/mol. The van der Waals surface area contributed by atoms with Crippen molar-refractivity contribution >= 4 is 29.4 Å². The molecule has 0 unspecified atom stereocenters. The van der Waals surface area contributed by atoms with Gasteiger partial charge in [-0.25, -0.2) is 9.18 Å². The van der Waals surface area contributed by atoms with E-state index in [4.69, 9.17) is 0 Å². The lowest BCUT2D eigenvalue weighted by Gasteiger charge is -2.08. The molecule has 0 bridgehead atoms. The summed E-state index contributed by atoms with van der Waals surface area (Å²) >= 11 is 1.22. The standard InChI is InChI=1S/C16H18FN5O2S/c1-2-22-14(10-7-8-10)20-21-16(22)25-9-13(23)19-15(24)18-12-6-4-3-5-11(12)17/h3-6,10H,2,7-9H2,1H3,(H2,18,19,23,24). The highest BCUT2D eigenvalue weighted by Gasteiger charge is 2.30. The first-order valence-corrected chi connectivity index (χ1v) is 8.98. The van der Waals surface area contributed by atoms with Crippen molar-refractivity contribution in [2.75, 3.05) is 11.1 Å². The van der Waals surface area contributed by atoms with Gasteiger partial charge in [0.25, 0.3) is 0 Å². The molecule has 3 amide bonds. The summed E-state index contributed by atoms with van der Waals surface area (Å²) in [6.45, 7) is 2.73. The minimum absolute atomic E-state index is 0.0141. The lowest BCUT2D eigenvalue weighted by Crippen LogP contribution is -2.35. The van der Waals surface area contributed by atoms with Crippen LogP contribution < -0.4 is 10.6 Å². The van der Waals surface area contributed by atoms with Crippen LogP contribution in [0.1, 0.15) is 31.5 Å². The summed E-state index contributed by atoms with van der Waals surface area (Å²) in [7, 11) is 0. The molecule has 1 aromatic heterocycles. The Balaban J connectivity index is 1.51. The summed E-state index contributed by atoms with van der Waals surface area (Å²) in [6, 6.07) is 4.97. The number of aromatic nitrogens is 3. The van der Waals surface area contributed by atoms with Crippen molar-refractivity contribution in [2.24, 2.45) is 0 Å². The number of anilines is 1. The Morgan fingerprint density at radius 2 is 2.08 bits per heavy atom. The Morgan fingerprint density at radius 1 is 1.32 bits per heavy atom. The van der Waals surface area contributed by atoms with Crippen LogP contribution in [0.4, 0.5) is 14.9 Å². The predicted octanol–water partition coefficient (Wildman–Crippen LogP) is 2.75. The number of nitrogens with one attached hydrogen (secondary N) is 2. The first-order chi connectivity index (χ1) is 12.1. The molecule has 1 aromatic carbocycles. The third-order valence-corrected chi connectivity index (χ3v) is 4.68. The van der Waals surface area contributed by atoms with E-state index in [-0.39, 0.29) is 11.4 Å². The highest BCUT2D eigenvalue weighted by Crippen LogP contribution is 2.39. The first-order valence-electron chi connectivity index (χ1n) is 7.99. The van der Waals surface area contributed by atoms with Gasteiger partial charge in [0, 0.05) is 12.5 Å². The predicted molar refractivity (Wildman–Crippen MR) is 92.0 cm³/mol. The molecule has 0 atom stereocenters. The number of halogens is 1. The van der Waals surface area contributed by atoms with Gasteiger partial charge in [0.15, 0.2) is 5.16 Å². The molecule has 0 spiro atoms. The summed E-state index contributed by atoms with van der Waals surface area (Å²) in [5.41, 5.74) is 0.0141. The molecule has 7 nitrogen and oxygen atoms in total. The van der Waals surface area contributed by atoms with Gasteiger partial charge in [-0.3, -0.25) is 10.1 Å². The van der Waals surface area contributed by atoms with Crippen LogP contribution in [-0.4, -0.2) is 32.5 Å². The molecule has 0 aliphatic heterocycles. The molecule has 3 rings (SSSR count). The summed E-state index contributed by atoms with van der Waals surface area (Å²) < 4.78 is 15.5. The maximum atomic E-state index is 13.5. The lowest BCUT2D eigenvalue weighted by molar-refractivity contribution is -0.117. The minimum atomic E-state index is -0.772.